The zero-order valence-electron chi connectivity index (χ0n) is 13.9. The molecule has 12 heteroatoms. The van der Waals surface area contributed by atoms with Gasteiger partial charge in [-0.2, -0.15) is 16.8 Å². The highest BCUT2D eigenvalue weighted by Crippen LogP contribution is 2.32. The number of nitrogens with zero attached hydrogens (tertiary/aromatic N) is 3. The van der Waals surface area contributed by atoms with Crippen LogP contribution in [0.5, 0.6) is 0 Å². The Hall–Kier alpha value is -2.54. The normalized spacial score (nSPS) is 12.3. The van der Waals surface area contributed by atoms with Crippen LogP contribution in [0.1, 0.15) is 0 Å². The second-order valence-electron chi connectivity index (χ2n) is 5.45. The molecule has 0 aliphatic rings. The SMILES string of the molecule is O=c1c(N(S(=O)(=O)c2cccs2)S(=O)(=O)c2cccs2)cnc2ccccn12. The third-order valence-corrected chi connectivity index (χ3v) is 10.6. The van der Waals surface area contributed by atoms with E-state index < -0.39 is 31.3 Å². The van der Waals surface area contributed by atoms with E-state index in [9.17, 15) is 21.6 Å². The molecule has 0 aromatic carbocycles. The molecule has 4 rings (SSSR count). The summed E-state index contributed by atoms with van der Waals surface area (Å²) in [4.78, 5) is 17.0. The second kappa shape index (κ2) is 6.81. The molecule has 0 unspecified atom stereocenters. The van der Waals surface area contributed by atoms with E-state index in [-0.39, 0.29) is 17.8 Å². The highest BCUT2D eigenvalue weighted by molar-refractivity contribution is 8.11. The van der Waals surface area contributed by atoms with E-state index in [4.69, 9.17) is 0 Å². The van der Waals surface area contributed by atoms with Crippen LogP contribution in [-0.2, 0) is 20.0 Å². The first-order chi connectivity index (χ1) is 13.3. The van der Waals surface area contributed by atoms with Gasteiger partial charge in [-0.1, -0.05) is 18.2 Å². The second-order valence-corrected chi connectivity index (χ2v) is 11.6. The molecule has 4 heterocycles. The smallest absolute Gasteiger partial charge is 0.266 e. The van der Waals surface area contributed by atoms with Gasteiger partial charge < -0.3 is 0 Å². The van der Waals surface area contributed by atoms with Crippen molar-refractivity contribution in [3.05, 3.63) is 76.0 Å². The summed E-state index contributed by atoms with van der Waals surface area (Å²) in [6.07, 6.45) is 2.36. The van der Waals surface area contributed by atoms with E-state index in [1.807, 2.05) is 0 Å². The van der Waals surface area contributed by atoms with Crippen LogP contribution >= 0.6 is 22.7 Å². The van der Waals surface area contributed by atoms with Gasteiger partial charge in [0.15, 0.2) is 5.69 Å². The van der Waals surface area contributed by atoms with E-state index in [1.165, 1.54) is 41.2 Å². The Balaban J connectivity index is 2.06. The molecule has 0 spiro atoms. The van der Waals surface area contributed by atoms with Gasteiger partial charge in [-0.3, -0.25) is 9.20 Å². The fraction of sp³-hybridized carbons (Fsp3) is 0. The largest absolute Gasteiger partial charge is 0.287 e. The van der Waals surface area contributed by atoms with Gasteiger partial charge in [-0.25, -0.2) is 4.98 Å². The molecule has 28 heavy (non-hydrogen) atoms. The first-order valence-corrected chi connectivity index (χ1v) is 12.3. The van der Waals surface area contributed by atoms with E-state index in [0.29, 0.717) is 0 Å². The fourth-order valence-corrected chi connectivity index (χ4v) is 8.56. The number of fused-ring (bicyclic) bond motifs is 1. The molecule has 0 fully saturated rings. The molecule has 4 aromatic heterocycles. The number of rotatable bonds is 5. The number of thiophene rings is 2. The van der Waals surface area contributed by atoms with Gasteiger partial charge in [0.25, 0.3) is 25.6 Å². The van der Waals surface area contributed by atoms with Crippen molar-refractivity contribution >= 4 is 54.1 Å². The van der Waals surface area contributed by atoms with Gasteiger partial charge in [0, 0.05) is 6.20 Å². The third kappa shape index (κ3) is 2.94. The zero-order valence-corrected chi connectivity index (χ0v) is 17.1. The summed E-state index contributed by atoms with van der Waals surface area (Å²) < 4.78 is 53.7. The molecule has 0 saturated carbocycles. The Bertz CT molecular complexity index is 1340. The highest BCUT2D eigenvalue weighted by Gasteiger charge is 2.40. The molecule has 0 amide bonds. The minimum Gasteiger partial charge on any atom is -0.266 e. The van der Waals surface area contributed by atoms with Gasteiger partial charge in [0.05, 0.1) is 6.20 Å². The fourth-order valence-electron chi connectivity index (χ4n) is 2.51. The molecule has 0 aliphatic carbocycles. The molecule has 0 atom stereocenters. The molecule has 0 saturated heterocycles. The Labute approximate surface area is 168 Å². The molecule has 0 bridgehead atoms. The van der Waals surface area contributed by atoms with Gasteiger partial charge in [-0.15, -0.1) is 26.4 Å². The number of hydrogen-bond acceptors (Lipinski definition) is 8. The minimum atomic E-state index is -4.57. The van der Waals surface area contributed by atoms with Crippen LogP contribution in [0.2, 0.25) is 0 Å². The van der Waals surface area contributed by atoms with E-state index >= 15 is 0 Å². The van der Waals surface area contributed by atoms with Crippen LogP contribution < -0.4 is 9.27 Å². The lowest BCUT2D eigenvalue weighted by Gasteiger charge is -2.21. The minimum absolute atomic E-state index is 0.173. The predicted molar refractivity (Wildman–Crippen MR) is 107 cm³/mol. The lowest BCUT2D eigenvalue weighted by molar-refractivity contribution is 0.586. The maximum absolute atomic E-state index is 13.2. The van der Waals surface area contributed by atoms with Crippen molar-refractivity contribution < 1.29 is 16.8 Å². The number of anilines is 1. The third-order valence-electron chi connectivity index (χ3n) is 3.73. The lowest BCUT2D eigenvalue weighted by atomic mass is 10.4. The van der Waals surface area contributed by atoms with Gasteiger partial charge in [-0.05, 0) is 35.0 Å². The molecule has 4 aromatic rings. The summed E-state index contributed by atoms with van der Waals surface area (Å²) in [6.45, 7) is 0. The summed E-state index contributed by atoms with van der Waals surface area (Å²) in [5.74, 6) is 0. The van der Waals surface area contributed by atoms with Crippen molar-refractivity contribution in [2.24, 2.45) is 0 Å². The maximum Gasteiger partial charge on any atom is 0.287 e. The van der Waals surface area contributed by atoms with Gasteiger partial charge in [0.1, 0.15) is 14.1 Å². The monoisotopic (exact) mass is 453 g/mol. The summed E-state index contributed by atoms with van der Waals surface area (Å²) in [5, 5.41) is 3.02. The van der Waals surface area contributed by atoms with Crippen LogP contribution in [0.15, 0.2) is 78.8 Å². The molecule has 0 aliphatic heterocycles. The molecule has 0 N–H and O–H groups in total. The zero-order chi connectivity index (χ0) is 19.9. The predicted octanol–water partition coefficient (Wildman–Crippen LogP) is 2.40. The maximum atomic E-state index is 13.2. The summed E-state index contributed by atoms with van der Waals surface area (Å²) in [6, 6.07) is 10.3. The van der Waals surface area contributed by atoms with Gasteiger partial charge in [0.2, 0.25) is 0 Å². The van der Waals surface area contributed by atoms with Gasteiger partial charge >= 0.3 is 0 Å². The molecular weight excluding hydrogens is 442 g/mol. The van der Waals surface area contributed by atoms with Crippen LogP contribution in [0.25, 0.3) is 5.65 Å². The van der Waals surface area contributed by atoms with E-state index in [1.54, 1.807) is 18.2 Å². The van der Waals surface area contributed by atoms with Crippen LogP contribution in [-0.4, -0.2) is 26.2 Å². The van der Waals surface area contributed by atoms with Crippen molar-refractivity contribution in [3.63, 3.8) is 0 Å². The first kappa shape index (κ1) is 18.8. The molecular formula is C16H11N3O5S4. The number of hydrogen-bond donors (Lipinski definition) is 0. The Kier molecular flexibility index (Phi) is 4.57. The average Bonchev–Trinajstić information content (AvgIpc) is 3.38. The number of sulfonamides is 2. The Morgan fingerprint density at radius 3 is 2.00 bits per heavy atom. The molecule has 0 radical (unpaired) electrons. The number of pyridine rings is 1. The van der Waals surface area contributed by atoms with Crippen molar-refractivity contribution in [2.45, 2.75) is 8.42 Å². The quantitative estimate of drug-likeness (QED) is 0.459. The van der Waals surface area contributed by atoms with Crippen molar-refractivity contribution in [2.75, 3.05) is 3.71 Å². The molecule has 8 nitrogen and oxygen atoms in total. The van der Waals surface area contributed by atoms with Crippen LogP contribution in [0.3, 0.4) is 0 Å². The van der Waals surface area contributed by atoms with Crippen molar-refractivity contribution in [3.8, 4) is 0 Å². The topological polar surface area (TPSA) is 106 Å². The standard InChI is InChI=1S/C16H11N3O5S4/c20-16-12(11-17-13-5-1-2-8-18(13)16)19(27(21,22)14-6-3-9-25-14)28(23,24)15-7-4-10-26-15/h1-11H. The number of aromatic nitrogens is 2. The Morgan fingerprint density at radius 1 is 0.857 bits per heavy atom. The first-order valence-electron chi connectivity index (χ1n) is 7.67. The van der Waals surface area contributed by atoms with E-state index in [0.717, 1.165) is 33.3 Å². The summed E-state index contributed by atoms with van der Waals surface area (Å²) in [7, 11) is -9.14. The Morgan fingerprint density at radius 2 is 1.46 bits per heavy atom. The van der Waals surface area contributed by atoms with Crippen LogP contribution in [0, 0.1) is 0 Å². The van der Waals surface area contributed by atoms with E-state index in [2.05, 4.69) is 4.98 Å². The van der Waals surface area contributed by atoms with Crippen molar-refractivity contribution in [1.29, 1.82) is 0 Å². The average molecular weight is 454 g/mol. The highest BCUT2D eigenvalue weighted by atomic mass is 32.3. The summed E-state index contributed by atoms with van der Waals surface area (Å²) in [5.41, 5.74) is -1.13. The van der Waals surface area contributed by atoms with Crippen molar-refractivity contribution in [1.82, 2.24) is 9.38 Å². The molecule has 144 valence electrons. The lowest BCUT2D eigenvalue weighted by Crippen LogP contribution is -2.40. The summed E-state index contributed by atoms with van der Waals surface area (Å²) >= 11 is 1.71. The van der Waals surface area contributed by atoms with Crippen LogP contribution in [0.4, 0.5) is 5.69 Å².